The number of anilines is 2. The topological polar surface area (TPSA) is 90.7 Å². The summed E-state index contributed by atoms with van der Waals surface area (Å²) in [6, 6.07) is 0. The van der Waals surface area contributed by atoms with Crippen LogP contribution < -0.4 is 11.5 Å². The molecule has 2 fully saturated rings. The molecule has 0 aromatic carbocycles. The van der Waals surface area contributed by atoms with Crippen molar-refractivity contribution in [2.75, 3.05) is 11.5 Å². The van der Waals surface area contributed by atoms with Gasteiger partial charge >= 0.3 is 0 Å². The Labute approximate surface area is 101 Å². The van der Waals surface area contributed by atoms with Crippen LogP contribution in [0.2, 0.25) is 0 Å². The zero-order valence-corrected chi connectivity index (χ0v) is 9.97. The highest BCUT2D eigenvalue weighted by Crippen LogP contribution is 2.48. The maximum atomic E-state index is 5.67. The van der Waals surface area contributed by atoms with E-state index in [1.165, 1.54) is 38.5 Å². The van der Waals surface area contributed by atoms with Gasteiger partial charge in [-0.1, -0.05) is 12.8 Å². The molecule has 92 valence electrons. The molecular weight excluding hydrogens is 214 g/mol. The van der Waals surface area contributed by atoms with Crippen LogP contribution in [0.5, 0.6) is 0 Å². The molecule has 2 aliphatic carbocycles. The molecule has 0 radical (unpaired) electrons. The summed E-state index contributed by atoms with van der Waals surface area (Å²) in [5.74, 6) is 3.30. The first kappa shape index (κ1) is 10.7. The quantitative estimate of drug-likeness (QED) is 0.829. The molecular formula is C12H19N5. The van der Waals surface area contributed by atoms with Gasteiger partial charge in [-0.15, -0.1) is 0 Å². The Morgan fingerprint density at radius 3 is 1.65 bits per heavy atom. The number of hydrogen-bond acceptors (Lipinski definition) is 5. The molecule has 3 rings (SSSR count). The van der Waals surface area contributed by atoms with E-state index in [9.17, 15) is 0 Å². The molecule has 0 atom stereocenters. The third-order valence-electron chi connectivity index (χ3n) is 4.30. The molecule has 0 aliphatic heterocycles. The number of nitrogens with zero attached hydrogens (tertiary/aromatic N) is 3. The first-order valence-electron chi connectivity index (χ1n) is 6.51. The molecule has 2 aliphatic rings. The molecule has 1 aromatic rings. The predicted molar refractivity (Wildman–Crippen MR) is 66.1 cm³/mol. The summed E-state index contributed by atoms with van der Waals surface area (Å²) in [6.45, 7) is 0. The number of hydrogen-bond donors (Lipinski definition) is 2. The second-order valence-electron chi connectivity index (χ2n) is 5.32. The third kappa shape index (κ3) is 1.94. The highest BCUT2D eigenvalue weighted by molar-refractivity contribution is 5.27. The predicted octanol–water partition coefficient (Wildman–Crippen LogP) is 1.72. The van der Waals surface area contributed by atoms with Crippen LogP contribution in [-0.4, -0.2) is 15.0 Å². The monoisotopic (exact) mass is 233 g/mol. The number of rotatable bonds is 3. The molecule has 0 unspecified atom stereocenters. The standard InChI is InChI=1S/C12H19N5/c13-11-15-10(16-12(14)17-11)9(7-3-1-4-7)8-5-2-6-8/h7-9H,1-6H2,(H4,13,14,15,16,17). The third-order valence-corrected chi connectivity index (χ3v) is 4.30. The van der Waals surface area contributed by atoms with Gasteiger partial charge in [0.2, 0.25) is 11.9 Å². The van der Waals surface area contributed by atoms with E-state index in [0.29, 0.717) is 5.92 Å². The van der Waals surface area contributed by atoms with Crippen LogP contribution in [0.25, 0.3) is 0 Å². The van der Waals surface area contributed by atoms with Crippen LogP contribution in [0.1, 0.15) is 50.3 Å². The van der Waals surface area contributed by atoms with Crippen molar-refractivity contribution in [3.63, 3.8) is 0 Å². The Morgan fingerprint density at radius 1 is 0.824 bits per heavy atom. The molecule has 4 N–H and O–H groups in total. The van der Waals surface area contributed by atoms with E-state index in [-0.39, 0.29) is 11.9 Å². The zero-order chi connectivity index (χ0) is 11.8. The van der Waals surface area contributed by atoms with Crippen molar-refractivity contribution in [2.24, 2.45) is 11.8 Å². The molecule has 0 amide bonds. The molecule has 0 bridgehead atoms. The maximum Gasteiger partial charge on any atom is 0.225 e. The van der Waals surface area contributed by atoms with Crippen LogP contribution in [0.15, 0.2) is 0 Å². The molecule has 5 nitrogen and oxygen atoms in total. The Bertz CT molecular complexity index is 377. The van der Waals surface area contributed by atoms with Crippen LogP contribution in [0.3, 0.4) is 0 Å². The molecule has 5 heteroatoms. The summed E-state index contributed by atoms with van der Waals surface area (Å²) in [4.78, 5) is 12.5. The molecule has 17 heavy (non-hydrogen) atoms. The van der Waals surface area contributed by atoms with E-state index >= 15 is 0 Å². The van der Waals surface area contributed by atoms with Gasteiger partial charge in [-0.3, -0.25) is 0 Å². The van der Waals surface area contributed by atoms with Crippen LogP contribution in [0.4, 0.5) is 11.9 Å². The Morgan fingerprint density at radius 2 is 1.29 bits per heavy atom. The fourth-order valence-electron chi connectivity index (χ4n) is 2.98. The first-order chi connectivity index (χ1) is 8.24. The van der Waals surface area contributed by atoms with Crippen molar-refractivity contribution in [1.82, 2.24) is 15.0 Å². The molecule has 1 heterocycles. The van der Waals surface area contributed by atoms with Gasteiger partial charge in [0.1, 0.15) is 5.82 Å². The SMILES string of the molecule is Nc1nc(N)nc(C(C2CCC2)C2CCC2)n1. The van der Waals surface area contributed by atoms with Crippen molar-refractivity contribution in [1.29, 1.82) is 0 Å². The average Bonchev–Trinajstić information content (AvgIpc) is 2.09. The first-order valence-corrected chi connectivity index (χ1v) is 6.51. The van der Waals surface area contributed by atoms with Gasteiger partial charge in [-0.05, 0) is 37.5 Å². The van der Waals surface area contributed by atoms with Gasteiger partial charge < -0.3 is 11.5 Å². The minimum atomic E-state index is 0.260. The van der Waals surface area contributed by atoms with Gasteiger partial charge in [0.05, 0.1) is 0 Å². The Hall–Kier alpha value is -1.39. The van der Waals surface area contributed by atoms with Gasteiger partial charge in [-0.2, -0.15) is 15.0 Å². The molecule has 1 aromatic heterocycles. The lowest BCUT2D eigenvalue weighted by Crippen LogP contribution is -2.32. The van der Waals surface area contributed by atoms with Crippen molar-refractivity contribution in [3.05, 3.63) is 5.82 Å². The van der Waals surface area contributed by atoms with E-state index < -0.39 is 0 Å². The van der Waals surface area contributed by atoms with Crippen LogP contribution in [-0.2, 0) is 0 Å². The molecule has 2 saturated carbocycles. The maximum absolute atomic E-state index is 5.67. The summed E-state index contributed by atoms with van der Waals surface area (Å²) in [5, 5.41) is 0. The fraction of sp³-hybridized carbons (Fsp3) is 0.750. The zero-order valence-electron chi connectivity index (χ0n) is 9.97. The van der Waals surface area contributed by atoms with Gasteiger partial charge in [-0.25, -0.2) is 0 Å². The normalized spacial score (nSPS) is 21.2. The highest BCUT2D eigenvalue weighted by atomic mass is 15.1. The molecule has 0 saturated heterocycles. The Balaban J connectivity index is 1.90. The van der Waals surface area contributed by atoms with E-state index in [0.717, 1.165) is 17.7 Å². The summed E-state index contributed by atoms with van der Waals surface area (Å²) >= 11 is 0. The average molecular weight is 233 g/mol. The number of aromatic nitrogens is 3. The largest absolute Gasteiger partial charge is 0.368 e. The van der Waals surface area contributed by atoms with Crippen molar-refractivity contribution >= 4 is 11.9 Å². The Kier molecular flexibility index (Phi) is 2.61. The molecule has 0 spiro atoms. The van der Waals surface area contributed by atoms with E-state index in [2.05, 4.69) is 15.0 Å². The minimum Gasteiger partial charge on any atom is -0.368 e. The summed E-state index contributed by atoms with van der Waals surface area (Å²) < 4.78 is 0. The van der Waals surface area contributed by atoms with Crippen molar-refractivity contribution < 1.29 is 0 Å². The van der Waals surface area contributed by atoms with Gasteiger partial charge in [0.25, 0.3) is 0 Å². The lowest BCUT2D eigenvalue weighted by molar-refractivity contribution is 0.143. The summed E-state index contributed by atoms with van der Waals surface area (Å²) in [6.07, 6.45) is 7.87. The number of nitrogen functional groups attached to an aromatic ring is 2. The lowest BCUT2D eigenvalue weighted by atomic mass is 9.64. The van der Waals surface area contributed by atoms with Crippen LogP contribution in [0, 0.1) is 11.8 Å². The second kappa shape index (κ2) is 4.13. The van der Waals surface area contributed by atoms with Crippen molar-refractivity contribution in [3.8, 4) is 0 Å². The van der Waals surface area contributed by atoms with E-state index in [4.69, 9.17) is 11.5 Å². The van der Waals surface area contributed by atoms with Gasteiger partial charge in [0, 0.05) is 5.92 Å². The lowest BCUT2D eigenvalue weighted by Gasteiger charge is -2.41. The smallest absolute Gasteiger partial charge is 0.225 e. The van der Waals surface area contributed by atoms with Crippen molar-refractivity contribution in [2.45, 2.75) is 44.4 Å². The van der Waals surface area contributed by atoms with Gasteiger partial charge in [0.15, 0.2) is 0 Å². The minimum absolute atomic E-state index is 0.260. The second-order valence-corrected chi connectivity index (χ2v) is 5.32. The highest BCUT2D eigenvalue weighted by Gasteiger charge is 2.39. The summed E-state index contributed by atoms with van der Waals surface area (Å²) in [7, 11) is 0. The summed E-state index contributed by atoms with van der Waals surface area (Å²) in [5.41, 5.74) is 11.3. The van der Waals surface area contributed by atoms with Crippen LogP contribution >= 0.6 is 0 Å². The van der Waals surface area contributed by atoms with E-state index in [1.54, 1.807) is 0 Å². The van der Waals surface area contributed by atoms with E-state index in [1.807, 2.05) is 0 Å². The fourth-order valence-corrected chi connectivity index (χ4v) is 2.98. The number of nitrogens with two attached hydrogens (primary N) is 2.